The predicted molar refractivity (Wildman–Crippen MR) is 83.6 cm³/mol. The van der Waals surface area contributed by atoms with Crippen LogP contribution in [0.1, 0.15) is 52.8 Å². The van der Waals surface area contributed by atoms with Gasteiger partial charge >= 0.3 is 0 Å². The average Bonchev–Trinajstić information content (AvgIpc) is 2.90. The number of rotatable bonds is 3. The van der Waals surface area contributed by atoms with Crippen molar-refractivity contribution in [3.8, 4) is 0 Å². The van der Waals surface area contributed by atoms with Crippen LogP contribution in [0.25, 0.3) is 0 Å². The molecule has 1 aliphatic heterocycles. The number of hydrogen-bond acceptors (Lipinski definition) is 3. The largest absolute Gasteiger partial charge is 0.369 e. The average molecular weight is 317 g/mol. The maximum Gasteiger partial charge on any atom is 0.272 e. The first-order chi connectivity index (χ1) is 11.0. The lowest BCUT2D eigenvalue weighted by Crippen LogP contribution is -2.27. The maximum atomic E-state index is 13.8. The van der Waals surface area contributed by atoms with Gasteiger partial charge in [0.05, 0.1) is 17.9 Å². The van der Waals surface area contributed by atoms with E-state index in [-0.39, 0.29) is 30.5 Å². The van der Waals surface area contributed by atoms with Gasteiger partial charge in [-0.1, -0.05) is 12.1 Å². The fourth-order valence-corrected chi connectivity index (χ4v) is 2.92. The van der Waals surface area contributed by atoms with E-state index in [9.17, 15) is 9.18 Å². The highest BCUT2D eigenvalue weighted by Gasteiger charge is 2.29. The molecule has 5 nitrogen and oxygen atoms in total. The summed E-state index contributed by atoms with van der Waals surface area (Å²) in [4.78, 5) is 12.4. The van der Waals surface area contributed by atoms with Crippen LogP contribution >= 0.6 is 0 Å². The zero-order valence-electron chi connectivity index (χ0n) is 13.4. The Bertz CT molecular complexity index is 741. The number of amides is 1. The van der Waals surface area contributed by atoms with Crippen molar-refractivity contribution in [1.82, 2.24) is 15.5 Å². The predicted octanol–water partition coefficient (Wildman–Crippen LogP) is 2.81. The quantitative estimate of drug-likeness (QED) is 0.915. The van der Waals surface area contributed by atoms with Crippen LogP contribution in [0.5, 0.6) is 0 Å². The molecular weight excluding hydrogens is 297 g/mol. The molecule has 2 atom stereocenters. The minimum absolute atomic E-state index is 0.0381. The molecule has 6 heteroatoms. The fraction of sp³-hybridized carbons (Fsp3) is 0.412. The van der Waals surface area contributed by atoms with Gasteiger partial charge in [0.2, 0.25) is 0 Å². The first kappa shape index (κ1) is 15.7. The second-order valence-electron chi connectivity index (χ2n) is 6.04. The van der Waals surface area contributed by atoms with Crippen LogP contribution in [0, 0.1) is 12.7 Å². The molecule has 0 aliphatic carbocycles. The van der Waals surface area contributed by atoms with Gasteiger partial charge in [0.1, 0.15) is 5.82 Å². The molecule has 0 radical (unpaired) electrons. The molecule has 1 aromatic heterocycles. The molecule has 0 bridgehead atoms. The molecule has 1 aromatic carbocycles. The molecule has 0 saturated carbocycles. The van der Waals surface area contributed by atoms with E-state index in [1.54, 1.807) is 6.07 Å². The molecular formula is C17H20FN3O2. The van der Waals surface area contributed by atoms with E-state index in [0.717, 1.165) is 16.8 Å². The Hall–Kier alpha value is -2.21. The number of H-pyrrole nitrogens is 1. The number of benzene rings is 1. The first-order valence-corrected chi connectivity index (χ1v) is 7.71. The van der Waals surface area contributed by atoms with Crippen molar-refractivity contribution < 1.29 is 13.9 Å². The number of aromatic nitrogens is 2. The number of fused-ring (bicyclic) bond motifs is 1. The lowest BCUT2D eigenvalue weighted by molar-refractivity contribution is -0.00697. The second kappa shape index (κ2) is 6.12. The Kier molecular flexibility index (Phi) is 4.17. The lowest BCUT2D eigenvalue weighted by atomic mass is 9.99. The molecule has 0 spiro atoms. The van der Waals surface area contributed by atoms with Gasteiger partial charge in [0.25, 0.3) is 5.91 Å². The normalized spacial score (nSPS) is 20.2. The van der Waals surface area contributed by atoms with Crippen molar-refractivity contribution in [3.63, 3.8) is 0 Å². The Balaban J connectivity index is 1.74. The van der Waals surface area contributed by atoms with E-state index in [1.807, 2.05) is 26.8 Å². The van der Waals surface area contributed by atoms with Crippen LogP contribution in [-0.2, 0) is 17.7 Å². The van der Waals surface area contributed by atoms with Crippen LogP contribution < -0.4 is 5.32 Å². The number of ether oxygens (including phenoxy) is 1. The van der Waals surface area contributed by atoms with Crippen LogP contribution in [0.3, 0.4) is 0 Å². The third kappa shape index (κ3) is 3.12. The van der Waals surface area contributed by atoms with Crippen molar-refractivity contribution in [2.45, 2.75) is 45.9 Å². The summed E-state index contributed by atoms with van der Waals surface area (Å²) < 4.78 is 19.5. The van der Waals surface area contributed by atoms with Crippen molar-refractivity contribution in [3.05, 3.63) is 52.1 Å². The monoisotopic (exact) mass is 317 g/mol. The van der Waals surface area contributed by atoms with Crippen molar-refractivity contribution >= 4 is 5.91 Å². The molecule has 0 saturated heterocycles. The molecule has 1 amide bonds. The number of nitrogens with zero attached hydrogens (tertiary/aromatic N) is 1. The molecule has 0 unspecified atom stereocenters. The van der Waals surface area contributed by atoms with Crippen molar-refractivity contribution in [2.75, 3.05) is 0 Å². The molecule has 3 rings (SSSR count). The number of hydrogen-bond donors (Lipinski definition) is 2. The Morgan fingerprint density at radius 2 is 2.26 bits per heavy atom. The first-order valence-electron chi connectivity index (χ1n) is 7.71. The Labute approximate surface area is 134 Å². The van der Waals surface area contributed by atoms with Crippen LogP contribution in [0.2, 0.25) is 0 Å². The molecule has 2 heterocycles. The second-order valence-corrected chi connectivity index (χ2v) is 6.04. The van der Waals surface area contributed by atoms with Gasteiger partial charge < -0.3 is 10.1 Å². The number of halogens is 1. The van der Waals surface area contributed by atoms with E-state index in [1.165, 1.54) is 6.07 Å². The fourth-order valence-electron chi connectivity index (χ4n) is 2.92. The Morgan fingerprint density at radius 1 is 1.48 bits per heavy atom. The van der Waals surface area contributed by atoms with E-state index in [4.69, 9.17) is 4.74 Å². The summed E-state index contributed by atoms with van der Waals surface area (Å²) in [7, 11) is 0. The van der Waals surface area contributed by atoms with Gasteiger partial charge in [0, 0.05) is 24.1 Å². The number of carbonyl (C=O) groups is 1. The van der Waals surface area contributed by atoms with Gasteiger partial charge in [-0.15, -0.1) is 0 Å². The third-order valence-corrected chi connectivity index (χ3v) is 4.10. The van der Waals surface area contributed by atoms with Gasteiger partial charge in [-0.3, -0.25) is 9.89 Å². The molecule has 0 fully saturated rings. The SMILES string of the molecule is Cc1ccc(CNC(=O)c2n[nH]c3c2C[C@@H](C)O[C@H]3C)c(F)c1. The zero-order chi connectivity index (χ0) is 16.6. The molecule has 2 aromatic rings. The van der Waals surface area contributed by atoms with Crippen molar-refractivity contribution in [1.29, 1.82) is 0 Å². The van der Waals surface area contributed by atoms with Gasteiger partial charge in [-0.25, -0.2) is 4.39 Å². The van der Waals surface area contributed by atoms with Gasteiger partial charge in [-0.05, 0) is 32.4 Å². The smallest absolute Gasteiger partial charge is 0.272 e. The Morgan fingerprint density at radius 3 is 3.00 bits per heavy atom. The molecule has 23 heavy (non-hydrogen) atoms. The summed E-state index contributed by atoms with van der Waals surface area (Å²) in [6, 6.07) is 4.96. The number of aromatic amines is 1. The van der Waals surface area contributed by atoms with Crippen molar-refractivity contribution in [2.24, 2.45) is 0 Å². The lowest BCUT2D eigenvalue weighted by Gasteiger charge is -2.25. The highest BCUT2D eigenvalue weighted by molar-refractivity contribution is 5.94. The number of nitrogens with one attached hydrogen (secondary N) is 2. The molecule has 1 aliphatic rings. The highest BCUT2D eigenvalue weighted by atomic mass is 19.1. The summed E-state index contributed by atoms with van der Waals surface area (Å²) in [6.07, 6.45) is 0.561. The minimum Gasteiger partial charge on any atom is -0.369 e. The van der Waals surface area contributed by atoms with Crippen LogP contribution in [0.15, 0.2) is 18.2 Å². The standard InChI is InChI=1S/C17H20FN3O2/c1-9-4-5-12(14(18)6-9)8-19-17(22)16-13-7-10(2)23-11(3)15(13)20-21-16/h4-6,10-11H,7-8H2,1-3H3,(H,19,22)(H,20,21)/t10-,11+/m1/s1. The highest BCUT2D eigenvalue weighted by Crippen LogP contribution is 2.30. The molecule has 122 valence electrons. The third-order valence-electron chi connectivity index (χ3n) is 4.10. The number of carbonyl (C=O) groups excluding carboxylic acids is 1. The van der Waals surface area contributed by atoms with Gasteiger partial charge in [-0.2, -0.15) is 5.10 Å². The van der Waals surface area contributed by atoms with E-state index in [2.05, 4.69) is 15.5 Å². The van der Waals surface area contributed by atoms with Crippen LogP contribution in [0.4, 0.5) is 4.39 Å². The number of aryl methyl sites for hydroxylation is 1. The maximum absolute atomic E-state index is 13.8. The summed E-state index contributed by atoms with van der Waals surface area (Å²) >= 11 is 0. The van der Waals surface area contributed by atoms with E-state index in [0.29, 0.717) is 17.7 Å². The minimum atomic E-state index is -0.315. The molecule has 2 N–H and O–H groups in total. The summed E-state index contributed by atoms with van der Waals surface area (Å²) in [5, 5.41) is 9.74. The summed E-state index contributed by atoms with van der Waals surface area (Å²) in [5.74, 6) is -0.617. The topological polar surface area (TPSA) is 67.0 Å². The summed E-state index contributed by atoms with van der Waals surface area (Å²) in [6.45, 7) is 5.85. The summed E-state index contributed by atoms with van der Waals surface area (Å²) in [5.41, 5.74) is 3.41. The van der Waals surface area contributed by atoms with E-state index < -0.39 is 0 Å². The zero-order valence-corrected chi connectivity index (χ0v) is 13.4. The van der Waals surface area contributed by atoms with Crippen LogP contribution in [-0.4, -0.2) is 22.2 Å². The van der Waals surface area contributed by atoms with Gasteiger partial charge in [0.15, 0.2) is 5.69 Å². The van der Waals surface area contributed by atoms with E-state index >= 15 is 0 Å².